The lowest BCUT2D eigenvalue weighted by Crippen LogP contribution is -2.02. The van der Waals surface area contributed by atoms with Gasteiger partial charge < -0.3 is 5.32 Å². The second kappa shape index (κ2) is 4.84. The summed E-state index contributed by atoms with van der Waals surface area (Å²) in [4.78, 5) is 0. The molecule has 5 heteroatoms. The van der Waals surface area contributed by atoms with Crippen molar-refractivity contribution >= 4 is 5.69 Å². The van der Waals surface area contributed by atoms with E-state index in [0.717, 1.165) is 23.6 Å². The Labute approximate surface area is 108 Å². The predicted octanol–water partition coefficient (Wildman–Crippen LogP) is 2.43. The number of hydrogen-bond donors (Lipinski definition) is 1. The monoisotopic (exact) mass is 247 g/mol. The zero-order valence-electron chi connectivity index (χ0n) is 11.7. The molecule has 18 heavy (non-hydrogen) atoms. The van der Waals surface area contributed by atoms with Gasteiger partial charge in [0.25, 0.3) is 0 Å². The smallest absolute Gasteiger partial charge is 0.0827 e. The van der Waals surface area contributed by atoms with Crippen LogP contribution in [0.5, 0.6) is 0 Å². The first-order valence-corrected chi connectivity index (χ1v) is 6.26. The van der Waals surface area contributed by atoms with E-state index >= 15 is 0 Å². The number of rotatable bonds is 4. The quantitative estimate of drug-likeness (QED) is 0.902. The maximum absolute atomic E-state index is 4.39. The fourth-order valence-electron chi connectivity index (χ4n) is 1.97. The second-order valence-electron chi connectivity index (χ2n) is 4.95. The zero-order chi connectivity index (χ0) is 13.3. The number of nitrogens with zero attached hydrogens (tertiary/aromatic N) is 4. The topological polar surface area (TPSA) is 47.7 Å². The Morgan fingerprint density at radius 2 is 2.06 bits per heavy atom. The molecule has 0 saturated heterocycles. The summed E-state index contributed by atoms with van der Waals surface area (Å²) in [6, 6.07) is 0.403. The van der Waals surface area contributed by atoms with Crippen molar-refractivity contribution in [1.82, 2.24) is 19.6 Å². The van der Waals surface area contributed by atoms with Crippen LogP contribution in [0.4, 0.5) is 5.69 Å². The third-order valence-corrected chi connectivity index (χ3v) is 3.16. The molecule has 5 nitrogen and oxygen atoms in total. The molecule has 0 saturated carbocycles. The maximum atomic E-state index is 4.39. The minimum absolute atomic E-state index is 0.403. The minimum atomic E-state index is 0.403. The van der Waals surface area contributed by atoms with Gasteiger partial charge in [0.1, 0.15) is 0 Å². The van der Waals surface area contributed by atoms with Crippen molar-refractivity contribution in [2.24, 2.45) is 7.05 Å². The molecular formula is C13H21N5. The summed E-state index contributed by atoms with van der Waals surface area (Å²) < 4.78 is 3.87. The van der Waals surface area contributed by atoms with Gasteiger partial charge in [-0.3, -0.25) is 9.36 Å². The van der Waals surface area contributed by atoms with Crippen molar-refractivity contribution < 1.29 is 0 Å². The van der Waals surface area contributed by atoms with E-state index in [0.29, 0.717) is 6.04 Å². The van der Waals surface area contributed by atoms with Crippen LogP contribution in [0.2, 0.25) is 0 Å². The molecule has 1 N–H and O–H groups in total. The molecule has 0 fully saturated rings. The Bertz CT molecular complexity index is 536. The average Bonchev–Trinajstić information content (AvgIpc) is 2.85. The van der Waals surface area contributed by atoms with Crippen LogP contribution in [-0.4, -0.2) is 19.6 Å². The lowest BCUT2D eigenvalue weighted by molar-refractivity contribution is 0.532. The van der Waals surface area contributed by atoms with Crippen LogP contribution < -0.4 is 5.32 Å². The highest BCUT2D eigenvalue weighted by Gasteiger charge is 2.09. The molecule has 0 bridgehead atoms. The van der Waals surface area contributed by atoms with Crippen molar-refractivity contribution in [2.45, 2.75) is 40.3 Å². The Kier molecular flexibility index (Phi) is 3.41. The molecule has 0 atom stereocenters. The number of aryl methyl sites for hydroxylation is 2. The van der Waals surface area contributed by atoms with E-state index in [-0.39, 0.29) is 0 Å². The minimum Gasteiger partial charge on any atom is -0.378 e. The Morgan fingerprint density at radius 3 is 2.56 bits per heavy atom. The first kappa shape index (κ1) is 12.7. The Hall–Kier alpha value is -1.78. The van der Waals surface area contributed by atoms with Gasteiger partial charge in [0.15, 0.2) is 0 Å². The van der Waals surface area contributed by atoms with E-state index in [2.05, 4.69) is 42.5 Å². The summed E-state index contributed by atoms with van der Waals surface area (Å²) >= 11 is 0. The van der Waals surface area contributed by atoms with E-state index in [1.165, 1.54) is 5.56 Å². The molecule has 0 spiro atoms. The van der Waals surface area contributed by atoms with Crippen LogP contribution in [-0.2, 0) is 13.6 Å². The normalized spacial score (nSPS) is 11.2. The van der Waals surface area contributed by atoms with Gasteiger partial charge in [-0.1, -0.05) is 0 Å². The van der Waals surface area contributed by atoms with Gasteiger partial charge in [0.05, 0.1) is 23.3 Å². The number of anilines is 1. The zero-order valence-corrected chi connectivity index (χ0v) is 11.7. The lowest BCUT2D eigenvalue weighted by atomic mass is 10.3. The molecule has 0 aliphatic carbocycles. The van der Waals surface area contributed by atoms with Gasteiger partial charge in [-0.2, -0.15) is 10.2 Å². The fourth-order valence-corrected chi connectivity index (χ4v) is 1.97. The third-order valence-electron chi connectivity index (χ3n) is 3.16. The van der Waals surface area contributed by atoms with Crippen LogP contribution in [0.15, 0.2) is 12.4 Å². The molecule has 2 heterocycles. The van der Waals surface area contributed by atoms with Gasteiger partial charge in [-0.15, -0.1) is 0 Å². The Balaban J connectivity index is 2.06. The molecule has 0 aliphatic heterocycles. The number of nitrogens with one attached hydrogen (secondary N) is 1. The molecule has 0 radical (unpaired) electrons. The molecule has 0 unspecified atom stereocenters. The molecule has 2 rings (SSSR count). The molecule has 0 amide bonds. The highest BCUT2D eigenvalue weighted by molar-refractivity contribution is 5.52. The van der Waals surface area contributed by atoms with Gasteiger partial charge in [-0.25, -0.2) is 0 Å². The van der Waals surface area contributed by atoms with Crippen molar-refractivity contribution in [3.63, 3.8) is 0 Å². The van der Waals surface area contributed by atoms with Gasteiger partial charge in [-0.05, 0) is 27.7 Å². The van der Waals surface area contributed by atoms with E-state index in [9.17, 15) is 0 Å². The SMILES string of the molecule is Cc1nn(C)c(C)c1NCc1cnn(C(C)C)c1. The molecule has 2 aromatic heterocycles. The van der Waals surface area contributed by atoms with E-state index in [1.807, 2.05) is 29.5 Å². The fraction of sp³-hybridized carbons (Fsp3) is 0.538. The second-order valence-corrected chi connectivity index (χ2v) is 4.95. The molecule has 98 valence electrons. The highest BCUT2D eigenvalue weighted by atomic mass is 15.3. The maximum Gasteiger partial charge on any atom is 0.0827 e. The molecule has 0 aliphatic rings. The van der Waals surface area contributed by atoms with Gasteiger partial charge in [0.2, 0.25) is 0 Å². The van der Waals surface area contributed by atoms with Crippen LogP contribution in [0, 0.1) is 13.8 Å². The first-order chi connectivity index (χ1) is 8.49. The van der Waals surface area contributed by atoms with E-state index in [1.54, 1.807) is 0 Å². The third kappa shape index (κ3) is 2.39. The van der Waals surface area contributed by atoms with Crippen molar-refractivity contribution in [3.05, 3.63) is 29.3 Å². The van der Waals surface area contributed by atoms with E-state index in [4.69, 9.17) is 0 Å². The molecule has 2 aromatic rings. The van der Waals surface area contributed by atoms with Gasteiger partial charge >= 0.3 is 0 Å². The number of aromatic nitrogens is 4. The summed E-state index contributed by atoms with van der Waals surface area (Å²) in [6.45, 7) is 9.12. The largest absolute Gasteiger partial charge is 0.378 e. The molecular weight excluding hydrogens is 226 g/mol. The van der Waals surface area contributed by atoms with Crippen molar-refractivity contribution in [3.8, 4) is 0 Å². The highest BCUT2D eigenvalue weighted by Crippen LogP contribution is 2.19. The van der Waals surface area contributed by atoms with Crippen molar-refractivity contribution in [1.29, 1.82) is 0 Å². The Morgan fingerprint density at radius 1 is 1.33 bits per heavy atom. The van der Waals surface area contributed by atoms with E-state index < -0.39 is 0 Å². The summed E-state index contributed by atoms with van der Waals surface area (Å²) in [5.41, 5.74) is 4.50. The summed E-state index contributed by atoms with van der Waals surface area (Å²) in [5, 5.41) is 12.2. The van der Waals surface area contributed by atoms with Crippen LogP contribution >= 0.6 is 0 Å². The van der Waals surface area contributed by atoms with Gasteiger partial charge in [0, 0.05) is 31.4 Å². The lowest BCUT2D eigenvalue weighted by Gasteiger charge is -2.05. The molecule has 0 aromatic carbocycles. The van der Waals surface area contributed by atoms with Crippen LogP contribution in [0.1, 0.15) is 36.8 Å². The predicted molar refractivity (Wildman–Crippen MR) is 72.6 cm³/mol. The van der Waals surface area contributed by atoms with Crippen molar-refractivity contribution in [2.75, 3.05) is 5.32 Å². The summed E-state index contributed by atoms with van der Waals surface area (Å²) in [6.07, 6.45) is 3.99. The van der Waals surface area contributed by atoms with Crippen LogP contribution in [0.3, 0.4) is 0 Å². The summed E-state index contributed by atoms with van der Waals surface area (Å²) in [5.74, 6) is 0. The first-order valence-electron chi connectivity index (χ1n) is 6.26. The summed E-state index contributed by atoms with van der Waals surface area (Å²) in [7, 11) is 1.96. The average molecular weight is 247 g/mol. The van der Waals surface area contributed by atoms with Crippen LogP contribution in [0.25, 0.3) is 0 Å². The standard InChI is InChI=1S/C13H21N5/c1-9(2)18-8-12(7-15-18)6-14-13-10(3)16-17(5)11(13)4/h7-9,14H,6H2,1-5H3. The number of hydrogen-bond acceptors (Lipinski definition) is 3.